The fourth-order valence-corrected chi connectivity index (χ4v) is 7.08. The van der Waals surface area contributed by atoms with Gasteiger partial charge in [0.25, 0.3) is 0 Å². The molecule has 5 aromatic rings. The van der Waals surface area contributed by atoms with Gasteiger partial charge in [-0.2, -0.15) is 9.61 Å². The number of Topliss-reactive ketones (excluding diaryl/α,β-unsaturated/α-hetero) is 1. The highest BCUT2D eigenvalue weighted by Crippen LogP contribution is 2.55. The van der Waals surface area contributed by atoms with Crippen LogP contribution in [0.3, 0.4) is 0 Å². The Morgan fingerprint density at radius 1 is 1.00 bits per heavy atom. The summed E-state index contributed by atoms with van der Waals surface area (Å²) in [6, 6.07) is 16.0. The second-order valence-electron chi connectivity index (χ2n) is 12.1. The van der Waals surface area contributed by atoms with Gasteiger partial charge >= 0.3 is 0 Å². The Kier molecular flexibility index (Phi) is 5.37. The molecule has 1 unspecified atom stereocenters. The van der Waals surface area contributed by atoms with E-state index in [2.05, 4.69) is 21.1 Å². The third kappa shape index (κ3) is 3.88. The zero-order chi connectivity index (χ0) is 29.5. The summed E-state index contributed by atoms with van der Waals surface area (Å²) < 4.78 is 1.77. The molecule has 0 bridgehead atoms. The summed E-state index contributed by atoms with van der Waals surface area (Å²) in [4.78, 5) is 41.9. The van der Waals surface area contributed by atoms with Crippen molar-refractivity contribution in [3.05, 3.63) is 102 Å². The third-order valence-corrected chi connectivity index (χ3v) is 8.92. The van der Waals surface area contributed by atoms with Crippen molar-refractivity contribution in [2.24, 2.45) is 5.92 Å². The number of allylic oxidation sites excluding steroid dienone is 2. The highest BCUT2D eigenvalue weighted by atomic mass is 16.3. The molecule has 4 aromatic heterocycles. The van der Waals surface area contributed by atoms with E-state index in [0.717, 1.165) is 50.2 Å². The lowest BCUT2D eigenvalue weighted by Crippen LogP contribution is -2.61. The monoisotopic (exact) mass is 568 g/mol. The van der Waals surface area contributed by atoms with Crippen LogP contribution in [0.4, 0.5) is 0 Å². The molecule has 9 heteroatoms. The van der Waals surface area contributed by atoms with Gasteiger partial charge in [0.2, 0.25) is 5.91 Å². The van der Waals surface area contributed by atoms with Gasteiger partial charge in [0.1, 0.15) is 5.92 Å². The van der Waals surface area contributed by atoms with Crippen LogP contribution in [0.25, 0.3) is 39.1 Å². The normalized spacial score (nSPS) is 24.9. The van der Waals surface area contributed by atoms with E-state index in [4.69, 9.17) is 4.98 Å². The predicted octanol–water partition coefficient (Wildman–Crippen LogP) is 4.93. The van der Waals surface area contributed by atoms with Crippen molar-refractivity contribution >= 4 is 28.4 Å². The highest BCUT2D eigenvalue weighted by Gasteiger charge is 2.59. The molecule has 1 N–H and O–H groups in total. The van der Waals surface area contributed by atoms with Gasteiger partial charge in [0.05, 0.1) is 22.5 Å². The summed E-state index contributed by atoms with van der Waals surface area (Å²) in [6.45, 7) is 3.72. The van der Waals surface area contributed by atoms with Crippen molar-refractivity contribution in [1.29, 1.82) is 0 Å². The van der Waals surface area contributed by atoms with Gasteiger partial charge in [-0.3, -0.25) is 14.6 Å². The summed E-state index contributed by atoms with van der Waals surface area (Å²) in [5.41, 5.74) is 5.84. The van der Waals surface area contributed by atoms with Crippen LogP contribution in [-0.2, 0) is 15.1 Å². The Balaban J connectivity index is 1.25. The number of hydrogen-bond acceptors (Lipinski definition) is 7. The Hall–Kier alpha value is -5.02. The molecule has 5 heterocycles. The second-order valence-corrected chi connectivity index (χ2v) is 12.1. The minimum Gasteiger partial charge on any atom is -0.390 e. The van der Waals surface area contributed by atoms with E-state index in [1.54, 1.807) is 28.7 Å². The largest absolute Gasteiger partial charge is 0.390 e. The van der Waals surface area contributed by atoms with Crippen LogP contribution < -0.4 is 0 Å². The first-order valence-corrected chi connectivity index (χ1v) is 14.4. The molecule has 43 heavy (non-hydrogen) atoms. The number of aryl methyl sites for hydroxylation is 1. The zero-order valence-corrected chi connectivity index (χ0v) is 23.7. The fraction of sp³-hybridized carbons (Fsp3) is 0.235. The van der Waals surface area contributed by atoms with Crippen molar-refractivity contribution in [2.45, 2.75) is 44.2 Å². The number of ketones is 1. The number of carbonyl (C=O) groups is 2. The summed E-state index contributed by atoms with van der Waals surface area (Å²) >= 11 is 0. The number of hydrogen-bond donors (Lipinski definition) is 1. The average molecular weight is 569 g/mol. The summed E-state index contributed by atoms with van der Waals surface area (Å²) in [5.74, 6) is -1.05. The number of amides is 1. The van der Waals surface area contributed by atoms with Crippen LogP contribution in [0.5, 0.6) is 0 Å². The molecule has 1 amide bonds. The van der Waals surface area contributed by atoms with Gasteiger partial charge in [0, 0.05) is 66.6 Å². The van der Waals surface area contributed by atoms with Gasteiger partial charge in [-0.15, -0.1) is 0 Å². The minimum atomic E-state index is -0.916. The lowest BCUT2D eigenvalue weighted by molar-refractivity contribution is -0.159. The van der Waals surface area contributed by atoms with Crippen molar-refractivity contribution in [3.63, 3.8) is 0 Å². The lowest BCUT2D eigenvalue weighted by Gasteiger charge is -2.56. The molecule has 1 atom stereocenters. The summed E-state index contributed by atoms with van der Waals surface area (Å²) in [5, 5.41) is 16.4. The Bertz CT molecular complexity index is 2030. The maximum Gasteiger partial charge on any atom is 0.242 e. The number of aliphatic hydroxyl groups is 1. The van der Waals surface area contributed by atoms with E-state index in [1.165, 1.54) is 0 Å². The first-order chi connectivity index (χ1) is 20.7. The van der Waals surface area contributed by atoms with E-state index < -0.39 is 17.1 Å². The predicted molar refractivity (Wildman–Crippen MR) is 160 cm³/mol. The molecule has 9 nitrogen and oxygen atoms in total. The number of rotatable bonds is 4. The average Bonchev–Trinajstić information content (AvgIpc) is 3.55. The fourth-order valence-electron chi connectivity index (χ4n) is 7.08. The zero-order valence-electron chi connectivity index (χ0n) is 23.7. The molecule has 0 spiro atoms. The number of pyridine rings is 2. The van der Waals surface area contributed by atoms with E-state index >= 15 is 0 Å². The molecule has 1 aliphatic heterocycles. The van der Waals surface area contributed by atoms with Gasteiger partial charge < -0.3 is 10.0 Å². The topological polar surface area (TPSA) is 114 Å². The molecule has 1 aromatic carbocycles. The molecule has 3 aliphatic rings. The molecule has 1 saturated carbocycles. The lowest BCUT2D eigenvalue weighted by atomic mass is 9.61. The van der Waals surface area contributed by atoms with Crippen LogP contribution in [0.15, 0.2) is 91.0 Å². The second kappa shape index (κ2) is 8.99. The van der Waals surface area contributed by atoms with Crippen molar-refractivity contribution in [2.75, 3.05) is 0 Å². The number of nitrogens with zero attached hydrogens (tertiary/aromatic N) is 6. The summed E-state index contributed by atoms with van der Waals surface area (Å²) in [7, 11) is 0. The van der Waals surface area contributed by atoms with Gasteiger partial charge in [-0.05, 0) is 48.7 Å². The van der Waals surface area contributed by atoms with Crippen LogP contribution in [0, 0.1) is 12.8 Å². The van der Waals surface area contributed by atoms with Crippen LogP contribution in [0.2, 0.25) is 0 Å². The van der Waals surface area contributed by atoms with Crippen molar-refractivity contribution in [3.8, 4) is 22.4 Å². The first kappa shape index (κ1) is 25.7. The molecule has 212 valence electrons. The van der Waals surface area contributed by atoms with Crippen LogP contribution in [-0.4, -0.2) is 51.9 Å². The van der Waals surface area contributed by atoms with E-state index in [-0.39, 0.29) is 18.1 Å². The maximum absolute atomic E-state index is 13.6. The van der Waals surface area contributed by atoms with Gasteiger partial charge in [-0.25, -0.2) is 9.97 Å². The molecule has 1 fully saturated rings. The molecule has 2 aliphatic carbocycles. The first-order valence-electron chi connectivity index (χ1n) is 14.4. The molecule has 0 radical (unpaired) electrons. The van der Waals surface area contributed by atoms with Crippen molar-refractivity contribution < 1.29 is 14.7 Å². The minimum absolute atomic E-state index is 0.0828. The quantitative estimate of drug-likeness (QED) is 0.306. The van der Waals surface area contributed by atoms with E-state index in [9.17, 15) is 14.7 Å². The SMILES string of the molecule is Cc1cc2ncc3cc(-c4ccncc4)c(-c4ccc([C@]5(N6C=C7C=CCC(=O)C7C6=O)C[C@@](C)(O)C5)cc4)nc3n2n1. The molecule has 8 rings (SSSR count). The number of carbonyl (C=O) groups excluding carboxylic acids is 2. The highest BCUT2D eigenvalue weighted by molar-refractivity contribution is 6.08. The van der Waals surface area contributed by atoms with Crippen LogP contribution >= 0.6 is 0 Å². The van der Waals surface area contributed by atoms with Crippen molar-refractivity contribution in [1.82, 2.24) is 29.5 Å². The smallest absolute Gasteiger partial charge is 0.242 e. The van der Waals surface area contributed by atoms with Gasteiger partial charge in [0.15, 0.2) is 17.1 Å². The molecular weight excluding hydrogens is 540 g/mol. The Morgan fingerprint density at radius 3 is 2.49 bits per heavy atom. The standard InChI is InChI=1S/C34H28N6O3/c1-20-14-28-36-16-24-15-26(21-10-12-35-13-11-21)30(37-31(24)40(28)38-20)22-6-8-25(9-7-22)34(18-33(2,43)19-34)39-17-23-4-3-5-27(41)29(23)32(39)42/h3-4,6-17,29,43H,5,18-19H2,1-2H3/t29?,33-,34+. The van der Waals surface area contributed by atoms with E-state index in [0.29, 0.717) is 18.5 Å². The third-order valence-electron chi connectivity index (χ3n) is 8.92. The van der Waals surface area contributed by atoms with E-state index in [1.807, 2.05) is 73.9 Å². The number of fused-ring (bicyclic) bond motifs is 4. The Labute approximate surface area is 247 Å². The molecule has 0 saturated heterocycles. The number of aromatic nitrogens is 5. The maximum atomic E-state index is 13.6. The Morgan fingerprint density at radius 2 is 1.77 bits per heavy atom. The van der Waals surface area contributed by atoms with Gasteiger partial charge in [-0.1, -0.05) is 36.4 Å². The molecular formula is C34H28N6O3. The number of benzene rings is 1. The van der Waals surface area contributed by atoms with Crippen LogP contribution in [0.1, 0.15) is 37.4 Å². The summed E-state index contributed by atoms with van der Waals surface area (Å²) in [6.07, 6.45) is 11.8.